The van der Waals surface area contributed by atoms with Gasteiger partial charge in [0.05, 0.1) is 12.7 Å². The summed E-state index contributed by atoms with van der Waals surface area (Å²) in [4.78, 5) is 26.0. The highest BCUT2D eigenvalue weighted by molar-refractivity contribution is 5.73. The van der Waals surface area contributed by atoms with Gasteiger partial charge in [-0.15, -0.1) is 0 Å². The van der Waals surface area contributed by atoms with E-state index in [-0.39, 0.29) is 18.7 Å². The first kappa shape index (κ1) is 29.9. The molecule has 0 fully saturated rings. The summed E-state index contributed by atoms with van der Waals surface area (Å²) in [6, 6.07) is 9.98. The SMILES string of the molecule is CCn1cc(-c2ccc(-c3cnc(-n4cnn(CC(CN)=C(F)F)c4=O)c(C)c3)cc2)cn1.O=C(O)C(F)(F)F. The standard InChI is InChI=1S/C23H23F2N7O.C2HF3O2/c1-3-30-12-20(11-28-30)17-6-4-16(5-7-17)18-8-15(2)22(27-10-18)31-14-29-32(23(31)33)13-19(9-26)21(24)25;3-2(4,5)1(6)7/h4-8,10-12,14H,3,9,13,26H2,1-2H3;(H,6,7). The first-order valence-electron chi connectivity index (χ1n) is 11.6. The second kappa shape index (κ2) is 12.5. The minimum atomic E-state index is -5.08. The van der Waals surface area contributed by atoms with Gasteiger partial charge in [0.15, 0.2) is 0 Å². The molecule has 15 heteroatoms. The quantitative estimate of drug-likeness (QED) is 0.323. The van der Waals surface area contributed by atoms with Crippen molar-refractivity contribution in [3.05, 3.63) is 83.0 Å². The van der Waals surface area contributed by atoms with Crippen LogP contribution < -0.4 is 11.4 Å². The van der Waals surface area contributed by atoms with E-state index in [1.165, 1.54) is 10.9 Å². The Morgan fingerprint density at radius 1 is 1.02 bits per heavy atom. The summed E-state index contributed by atoms with van der Waals surface area (Å²) < 4.78 is 61.6. The maximum atomic E-state index is 12.9. The topological polar surface area (TPSA) is 134 Å². The number of nitrogens with zero attached hydrogens (tertiary/aromatic N) is 6. The van der Waals surface area contributed by atoms with Gasteiger partial charge < -0.3 is 10.8 Å². The van der Waals surface area contributed by atoms with Crippen LogP contribution in [0.1, 0.15) is 12.5 Å². The van der Waals surface area contributed by atoms with Crippen LogP contribution in [0.4, 0.5) is 22.0 Å². The Morgan fingerprint density at radius 2 is 1.62 bits per heavy atom. The summed E-state index contributed by atoms with van der Waals surface area (Å²) in [5, 5.41) is 15.4. The van der Waals surface area contributed by atoms with Crippen LogP contribution in [0.3, 0.4) is 0 Å². The molecule has 0 atom stereocenters. The fraction of sp³-hybridized carbons (Fsp3) is 0.240. The van der Waals surface area contributed by atoms with E-state index < -0.39 is 23.9 Å². The second-order valence-corrected chi connectivity index (χ2v) is 8.34. The molecule has 40 heavy (non-hydrogen) atoms. The molecule has 1 aromatic carbocycles. The maximum absolute atomic E-state index is 12.9. The first-order valence-corrected chi connectivity index (χ1v) is 11.6. The van der Waals surface area contributed by atoms with Gasteiger partial charge in [-0.05, 0) is 36.6 Å². The van der Waals surface area contributed by atoms with Crippen LogP contribution in [0.15, 0.2) is 71.7 Å². The molecule has 0 unspecified atom stereocenters. The Labute approximate surface area is 223 Å². The summed E-state index contributed by atoms with van der Waals surface area (Å²) in [5.74, 6) is -2.37. The smallest absolute Gasteiger partial charge is 0.475 e. The highest BCUT2D eigenvalue weighted by Crippen LogP contribution is 2.26. The van der Waals surface area contributed by atoms with E-state index in [9.17, 15) is 26.7 Å². The Balaban J connectivity index is 0.000000559. The Morgan fingerprint density at radius 3 is 2.10 bits per heavy atom. The molecule has 3 heterocycles. The van der Waals surface area contributed by atoms with Crippen molar-refractivity contribution < 1.29 is 31.9 Å². The Bertz CT molecular complexity index is 1570. The average molecular weight is 566 g/mol. The molecule has 4 aromatic rings. The van der Waals surface area contributed by atoms with Crippen molar-refractivity contribution in [3.63, 3.8) is 0 Å². The molecule has 4 rings (SSSR count). The van der Waals surface area contributed by atoms with Crippen LogP contribution >= 0.6 is 0 Å². The summed E-state index contributed by atoms with van der Waals surface area (Å²) in [5.41, 5.74) is 9.14. The van der Waals surface area contributed by atoms with Gasteiger partial charge in [-0.1, -0.05) is 24.3 Å². The molecule has 0 bridgehead atoms. The van der Waals surface area contributed by atoms with Crippen LogP contribution in [0.2, 0.25) is 0 Å². The molecule has 0 aliphatic heterocycles. The Hall–Kier alpha value is -4.66. The number of aryl methyl sites for hydroxylation is 2. The number of alkyl halides is 3. The van der Waals surface area contributed by atoms with E-state index in [0.717, 1.165) is 39.0 Å². The van der Waals surface area contributed by atoms with Crippen LogP contribution in [-0.2, 0) is 17.9 Å². The molecule has 10 nitrogen and oxygen atoms in total. The van der Waals surface area contributed by atoms with Crippen LogP contribution in [0.5, 0.6) is 0 Å². The average Bonchev–Trinajstić information content (AvgIpc) is 3.54. The monoisotopic (exact) mass is 565 g/mol. The fourth-order valence-corrected chi connectivity index (χ4v) is 3.49. The lowest BCUT2D eigenvalue weighted by Gasteiger charge is -2.08. The van der Waals surface area contributed by atoms with Crippen molar-refractivity contribution in [2.45, 2.75) is 33.1 Å². The number of rotatable bonds is 7. The molecule has 0 spiro atoms. The van der Waals surface area contributed by atoms with Gasteiger partial charge in [-0.2, -0.15) is 32.1 Å². The maximum Gasteiger partial charge on any atom is 0.490 e. The third-order valence-corrected chi connectivity index (χ3v) is 5.62. The number of benzene rings is 1. The molecule has 0 saturated carbocycles. The zero-order valence-corrected chi connectivity index (χ0v) is 21.2. The van der Waals surface area contributed by atoms with Crippen LogP contribution in [0, 0.1) is 6.92 Å². The molecule has 3 aromatic heterocycles. The summed E-state index contributed by atoms with van der Waals surface area (Å²) >= 11 is 0. The number of hydrogen-bond donors (Lipinski definition) is 2. The van der Waals surface area contributed by atoms with Crippen molar-refractivity contribution in [2.24, 2.45) is 5.73 Å². The summed E-state index contributed by atoms with van der Waals surface area (Å²) in [6.45, 7) is 3.96. The number of carboxylic acid groups (broad SMARTS) is 1. The van der Waals surface area contributed by atoms with Crippen LogP contribution in [-0.4, -0.2) is 52.9 Å². The van der Waals surface area contributed by atoms with Crippen molar-refractivity contribution in [1.82, 2.24) is 29.1 Å². The summed E-state index contributed by atoms with van der Waals surface area (Å²) in [6.07, 6.45) is -0.203. The van der Waals surface area contributed by atoms with Gasteiger partial charge in [0, 0.05) is 42.2 Å². The molecule has 0 aliphatic carbocycles. The lowest BCUT2D eigenvalue weighted by atomic mass is 10.0. The van der Waals surface area contributed by atoms with E-state index in [2.05, 4.69) is 15.2 Å². The van der Waals surface area contributed by atoms with E-state index in [1.54, 1.807) is 6.20 Å². The lowest BCUT2D eigenvalue weighted by molar-refractivity contribution is -0.192. The van der Waals surface area contributed by atoms with Crippen molar-refractivity contribution in [3.8, 4) is 28.1 Å². The predicted molar refractivity (Wildman–Crippen MR) is 135 cm³/mol. The van der Waals surface area contributed by atoms with Crippen molar-refractivity contribution >= 4 is 5.97 Å². The number of aromatic nitrogens is 6. The number of nitrogens with two attached hydrogens (primary N) is 1. The van der Waals surface area contributed by atoms with E-state index in [4.69, 9.17) is 15.6 Å². The van der Waals surface area contributed by atoms with Gasteiger partial charge in [-0.3, -0.25) is 4.68 Å². The molecule has 0 radical (unpaired) electrons. The highest BCUT2D eigenvalue weighted by atomic mass is 19.4. The molecular formula is C25H24F5N7O3. The molecule has 3 N–H and O–H groups in total. The zero-order valence-electron chi connectivity index (χ0n) is 21.2. The van der Waals surface area contributed by atoms with E-state index >= 15 is 0 Å². The van der Waals surface area contributed by atoms with E-state index in [1.807, 2.05) is 61.3 Å². The third-order valence-electron chi connectivity index (χ3n) is 5.62. The van der Waals surface area contributed by atoms with Gasteiger partial charge in [0.25, 0.3) is 6.08 Å². The van der Waals surface area contributed by atoms with Gasteiger partial charge in [0.2, 0.25) is 0 Å². The predicted octanol–water partition coefficient (Wildman–Crippen LogP) is 4.03. The molecule has 0 saturated heterocycles. The number of hydrogen-bond acceptors (Lipinski definition) is 6. The minimum Gasteiger partial charge on any atom is -0.475 e. The largest absolute Gasteiger partial charge is 0.490 e. The summed E-state index contributed by atoms with van der Waals surface area (Å²) in [7, 11) is 0. The van der Waals surface area contributed by atoms with Gasteiger partial charge >= 0.3 is 17.8 Å². The van der Waals surface area contributed by atoms with E-state index in [0.29, 0.717) is 5.82 Å². The fourth-order valence-electron chi connectivity index (χ4n) is 3.49. The Kier molecular flexibility index (Phi) is 9.31. The van der Waals surface area contributed by atoms with Gasteiger partial charge in [-0.25, -0.2) is 23.8 Å². The third kappa shape index (κ3) is 7.05. The van der Waals surface area contributed by atoms with Crippen molar-refractivity contribution in [1.29, 1.82) is 0 Å². The first-order chi connectivity index (χ1) is 18.8. The minimum absolute atomic E-state index is 0.340. The number of carbonyl (C=O) groups is 1. The molecule has 0 aliphatic rings. The zero-order chi connectivity index (χ0) is 29.6. The lowest BCUT2D eigenvalue weighted by Crippen LogP contribution is -2.27. The van der Waals surface area contributed by atoms with Gasteiger partial charge in [0.1, 0.15) is 12.1 Å². The number of carboxylic acids is 1. The highest BCUT2D eigenvalue weighted by Gasteiger charge is 2.38. The molecular weight excluding hydrogens is 541 g/mol. The van der Waals surface area contributed by atoms with Crippen LogP contribution in [0.25, 0.3) is 28.1 Å². The number of pyridine rings is 1. The second-order valence-electron chi connectivity index (χ2n) is 8.34. The molecule has 212 valence electrons. The van der Waals surface area contributed by atoms with Crippen molar-refractivity contribution in [2.75, 3.05) is 6.54 Å². The number of aliphatic carboxylic acids is 1. The number of halogens is 5. The molecule has 0 amide bonds. The normalized spacial score (nSPS) is 11.1.